The zero-order valence-corrected chi connectivity index (χ0v) is 14.1. The van der Waals surface area contributed by atoms with Crippen LogP contribution >= 0.6 is 12.4 Å². The zero-order chi connectivity index (χ0) is 15.9. The van der Waals surface area contributed by atoms with Crippen molar-refractivity contribution in [2.75, 3.05) is 26.2 Å². The number of nitrogens with zero attached hydrogens (tertiary/aromatic N) is 1. The standard InChI is InChI=1S/C16H23N3O3.ClH/c1-2-9-19(13-7-8-18-10-13)15(20)11-22-14-5-3-12(4-6-14)16(17)21;/h3-6,13,18H,2,7-11H2,1H3,(H2,17,21);1H. The number of carbonyl (C=O) groups excluding carboxylic acids is 2. The Bertz CT molecular complexity index is 516. The Kier molecular flexibility index (Phi) is 7.85. The van der Waals surface area contributed by atoms with Crippen molar-refractivity contribution in [3.05, 3.63) is 29.8 Å². The number of hydrogen-bond acceptors (Lipinski definition) is 4. The Morgan fingerprint density at radius 3 is 2.57 bits per heavy atom. The van der Waals surface area contributed by atoms with Crippen LogP contribution in [0.1, 0.15) is 30.1 Å². The second kappa shape index (κ2) is 9.37. The third kappa shape index (κ3) is 5.41. The summed E-state index contributed by atoms with van der Waals surface area (Å²) < 4.78 is 5.53. The largest absolute Gasteiger partial charge is 0.484 e. The van der Waals surface area contributed by atoms with E-state index in [1.54, 1.807) is 24.3 Å². The van der Waals surface area contributed by atoms with Crippen LogP contribution in [-0.2, 0) is 4.79 Å². The molecule has 0 radical (unpaired) electrons. The van der Waals surface area contributed by atoms with E-state index in [9.17, 15) is 9.59 Å². The maximum absolute atomic E-state index is 12.4. The summed E-state index contributed by atoms with van der Waals surface area (Å²) in [5, 5.41) is 3.28. The van der Waals surface area contributed by atoms with Gasteiger partial charge in [-0.25, -0.2) is 0 Å². The van der Waals surface area contributed by atoms with Crippen molar-refractivity contribution in [1.82, 2.24) is 10.2 Å². The van der Waals surface area contributed by atoms with Crippen molar-refractivity contribution >= 4 is 24.2 Å². The van der Waals surface area contributed by atoms with E-state index in [-0.39, 0.29) is 31.0 Å². The number of halogens is 1. The van der Waals surface area contributed by atoms with Gasteiger partial charge < -0.3 is 20.7 Å². The highest BCUT2D eigenvalue weighted by molar-refractivity contribution is 5.92. The van der Waals surface area contributed by atoms with E-state index in [2.05, 4.69) is 12.2 Å². The molecular weight excluding hydrogens is 318 g/mol. The summed E-state index contributed by atoms with van der Waals surface area (Å²) in [5.41, 5.74) is 5.60. The molecule has 6 nitrogen and oxygen atoms in total. The molecule has 1 saturated heterocycles. The minimum Gasteiger partial charge on any atom is -0.484 e. The second-order valence-electron chi connectivity index (χ2n) is 5.41. The van der Waals surface area contributed by atoms with Crippen molar-refractivity contribution < 1.29 is 14.3 Å². The van der Waals surface area contributed by atoms with Gasteiger partial charge in [-0.1, -0.05) is 6.92 Å². The van der Waals surface area contributed by atoms with E-state index in [1.165, 1.54) is 0 Å². The molecule has 2 amide bonds. The lowest BCUT2D eigenvalue weighted by Gasteiger charge is -2.28. The maximum Gasteiger partial charge on any atom is 0.260 e. The Morgan fingerprint density at radius 1 is 1.35 bits per heavy atom. The Morgan fingerprint density at radius 2 is 2.04 bits per heavy atom. The molecule has 128 valence electrons. The molecule has 0 aliphatic carbocycles. The second-order valence-corrected chi connectivity index (χ2v) is 5.41. The number of hydrogen-bond donors (Lipinski definition) is 2. The molecule has 0 bridgehead atoms. The molecule has 1 aliphatic heterocycles. The predicted molar refractivity (Wildman–Crippen MR) is 91.0 cm³/mol. The highest BCUT2D eigenvalue weighted by atomic mass is 35.5. The minimum atomic E-state index is -0.481. The first-order valence-corrected chi connectivity index (χ1v) is 7.64. The van der Waals surface area contributed by atoms with Crippen molar-refractivity contribution in [2.45, 2.75) is 25.8 Å². The first-order valence-electron chi connectivity index (χ1n) is 7.64. The molecule has 0 aromatic heterocycles. The molecule has 1 aromatic carbocycles. The topological polar surface area (TPSA) is 84.7 Å². The molecule has 1 aromatic rings. The average Bonchev–Trinajstić information content (AvgIpc) is 3.04. The van der Waals surface area contributed by atoms with Gasteiger partial charge in [0.15, 0.2) is 6.61 Å². The van der Waals surface area contributed by atoms with E-state index < -0.39 is 5.91 Å². The predicted octanol–water partition coefficient (Wildman–Crippen LogP) is 1.19. The van der Waals surface area contributed by atoms with Gasteiger partial charge in [-0.2, -0.15) is 0 Å². The quantitative estimate of drug-likeness (QED) is 0.780. The molecular formula is C16H24ClN3O3. The molecule has 2 rings (SSSR count). The average molecular weight is 342 g/mol. The Hall–Kier alpha value is -1.79. The van der Waals surface area contributed by atoms with E-state index in [0.29, 0.717) is 11.3 Å². The summed E-state index contributed by atoms with van der Waals surface area (Å²) in [4.78, 5) is 25.3. The number of primary amides is 1. The molecule has 0 spiro atoms. The van der Waals surface area contributed by atoms with E-state index in [0.717, 1.165) is 32.5 Å². The van der Waals surface area contributed by atoms with Gasteiger partial charge in [0.05, 0.1) is 0 Å². The number of nitrogens with one attached hydrogen (secondary N) is 1. The molecule has 1 fully saturated rings. The molecule has 3 N–H and O–H groups in total. The molecule has 7 heteroatoms. The monoisotopic (exact) mass is 341 g/mol. The summed E-state index contributed by atoms with van der Waals surface area (Å²) in [6, 6.07) is 6.73. The maximum atomic E-state index is 12.4. The van der Waals surface area contributed by atoms with Gasteiger partial charge in [-0.05, 0) is 43.7 Å². The van der Waals surface area contributed by atoms with E-state index >= 15 is 0 Å². The van der Waals surface area contributed by atoms with Crippen molar-refractivity contribution in [1.29, 1.82) is 0 Å². The fraction of sp³-hybridized carbons (Fsp3) is 0.500. The van der Waals surface area contributed by atoms with Crippen LogP contribution in [0.2, 0.25) is 0 Å². The third-order valence-electron chi connectivity index (χ3n) is 3.76. The number of carbonyl (C=O) groups is 2. The number of benzene rings is 1. The molecule has 1 unspecified atom stereocenters. The normalized spacial score (nSPS) is 16.5. The van der Waals surface area contributed by atoms with Crippen LogP contribution in [0.4, 0.5) is 0 Å². The Balaban J connectivity index is 0.00000264. The van der Waals surface area contributed by atoms with Gasteiger partial charge in [0.1, 0.15) is 5.75 Å². The highest BCUT2D eigenvalue weighted by Crippen LogP contribution is 2.14. The Labute approximate surface area is 142 Å². The molecule has 1 aliphatic rings. The first kappa shape index (κ1) is 19.3. The lowest BCUT2D eigenvalue weighted by atomic mass is 10.2. The first-order chi connectivity index (χ1) is 10.6. The number of ether oxygens (including phenoxy) is 1. The lowest BCUT2D eigenvalue weighted by molar-refractivity contribution is -0.135. The van der Waals surface area contributed by atoms with Gasteiger partial charge in [0.2, 0.25) is 5.91 Å². The van der Waals surface area contributed by atoms with E-state index in [4.69, 9.17) is 10.5 Å². The molecule has 1 atom stereocenters. The number of rotatable bonds is 7. The van der Waals surface area contributed by atoms with Crippen LogP contribution in [-0.4, -0.2) is 49.0 Å². The number of amides is 2. The van der Waals surface area contributed by atoms with Crippen LogP contribution in [0, 0.1) is 0 Å². The highest BCUT2D eigenvalue weighted by Gasteiger charge is 2.25. The van der Waals surface area contributed by atoms with Gasteiger partial charge in [-0.15, -0.1) is 12.4 Å². The summed E-state index contributed by atoms with van der Waals surface area (Å²) in [6.07, 6.45) is 1.91. The lowest BCUT2D eigenvalue weighted by Crippen LogP contribution is -2.44. The van der Waals surface area contributed by atoms with Crippen LogP contribution in [0.25, 0.3) is 0 Å². The van der Waals surface area contributed by atoms with Crippen LogP contribution < -0.4 is 15.8 Å². The summed E-state index contributed by atoms with van der Waals surface area (Å²) in [6.45, 7) is 4.61. The van der Waals surface area contributed by atoms with E-state index in [1.807, 2.05) is 4.90 Å². The summed E-state index contributed by atoms with van der Waals surface area (Å²) >= 11 is 0. The van der Waals surface area contributed by atoms with Gasteiger partial charge in [0, 0.05) is 24.7 Å². The molecule has 0 saturated carbocycles. The van der Waals surface area contributed by atoms with Crippen molar-refractivity contribution in [3.63, 3.8) is 0 Å². The van der Waals surface area contributed by atoms with Crippen molar-refractivity contribution in [2.24, 2.45) is 5.73 Å². The van der Waals surface area contributed by atoms with Crippen LogP contribution in [0.5, 0.6) is 5.75 Å². The van der Waals surface area contributed by atoms with Gasteiger partial charge >= 0.3 is 0 Å². The molecule has 23 heavy (non-hydrogen) atoms. The van der Waals surface area contributed by atoms with Crippen LogP contribution in [0.3, 0.4) is 0 Å². The zero-order valence-electron chi connectivity index (χ0n) is 13.3. The van der Waals surface area contributed by atoms with Gasteiger partial charge in [-0.3, -0.25) is 9.59 Å². The minimum absolute atomic E-state index is 0. The third-order valence-corrected chi connectivity index (χ3v) is 3.76. The fourth-order valence-electron chi connectivity index (χ4n) is 2.60. The summed E-state index contributed by atoms with van der Waals surface area (Å²) in [5.74, 6) is 0.0688. The SMILES string of the molecule is CCCN(C(=O)COc1ccc(C(N)=O)cc1)C1CCNC1.Cl. The van der Waals surface area contributed by atoms with Crippen LogP contribution in [0.15, 0.2) is 24.3 Å². The smallest absolute Gasteiger partial charge is 0.260 e. The fourth-order valence-corrected chi connectivity index (χ4v) is 2.60. The van der Waals surface area contributed by atoms with Gasteiger partial charge in [0.25, 0.3) is 5.91 Å². The molecule has 1 heterocycles. The number of nitrogens with two attached hydrogens (primary N) is 1. The summed E-state index contributed by atoms with van der Waals surface area (Å²) in [7, 11) is 0. The van der Waals surface area contributed by atoms with Crippen molar-refractivity contribution in [3.8, 4) is 5.75 Å².